The van der Waals surface area contributed by atoms with Gasteiger partial charge in [0.05, 0.1) is 0 Å². The first kappa shape index (κ1) is 20.1. The number of fused-ring (bicyclic) bond motifs is 1. The van der Waals surface area contributed by atoms with Crippen LogP contribution in [-0.2, 0) is 20.9 Å². The van der Waals surface area contributed by atoms with Gasteiger partial charge in [-0.25, -0.2) is 9.59 Å². The minimum Gasteiger partial charge on any atom is -0.482 e. The van der Waals surface area contributed by atoms with E-state index in [1.165, 1.54) is 13.0 Å². The van der Waals surface area contributed by atoms with Crippen LogP contribution in [-0.4, -0.2) is 18.5 Å². The number of hydrogen-bond acceptors (Lipinski definition) is 6. The second-order valence-corrected chi connectivity index (χ2v) is 6.70. The number of aryl methyl sites for hydroxylation is 2. The normalized spacial score (nSPS) is 10.6. The third-order valence-corrected chi connectivity index (χ3v) is 4.23. The summed E-state index contributed by atoms with van der Waals surface area (Å²) in [5.41, 5.74) is 2.68. The van der Waals surface area contributed by atoms with E-state index in [1.54, 1.807) is 18.2 Å². The number of anilines is 1. The summed E-state index contributed by atoms with van der Waals surface area (Å²) in [6.45, 7) is 4.88. The van der Waals surface area contributed by atoms with Crippen molar-refractivity contribution >= 4 is 28.5 Å². The van der Waals surface area contributed by atoms with Crippen LogP contribution >= 0.6 is 0 Å². The van der Waals surface area contributed by atoms with E-state index in [9.17, 15) is 14.4 Å². The first-order valence-electron chi connectivity index (χ1n) is 9.02. The van der Waals surface area contributed by atoms with Gasteiger partial charge in [0, 0.05) is 35.7 Å². The Bertz CT molecular complexity index is 1130. The van der Waals surface area contributed by atoms with Crippen LogP contribution in [0.4, 0.5) is 5.69 Å². The molecular formula is C22H21NO6. The lowest BCUT2D eigenvalue weighted by Gasteiger charge is -2.11. The molecule has 0 saturated carbocycles. The van der Waals surface area contributed by atoms with Crippen molar-refractivity contribution in [3.8, 4) is 5.75 Å². The molecule has 3 rings (SSSR count). The summed E-state index contributed by atoms with van der Waals surface area (Å²) in [4.78, 5) is 35.1. The predicted octanol–water partition coefficient (Wildman–Crippen LogP) is 3.49. The molecule has 0 aliphatic rings. The Morgan fingerprint density at radius 3 is 2.62 bits per heavy atom. The molecule has 0 unspecified atom stereocenters. The van der Waals surface area contributed by atoms with Gasteiger partial charge in [-0.05, 0) is 43.2 Å². The summed E-state index contributed by atoms with van der Waals surface area (Å²) in [7, 11) is 0. The van der Waals surface area contributed by atoms with Crippen LogP contribution in [0.25, 0.3) is 11.0 Å². The molecule has 0 saturated heterocycles. The summed E-state index contributed by atoms with van der Waals surface area (Å²) < 4.78 is 16.0. The summed E-state index contributed by atoms with van der Waals surface area (Å²) in [6.07, 6.45) is 0. The fraction of sp³-hybridized carbons (Fsp3) is 0.227. The summed E-state index contributed by atoms with van der Waals surface area (Å²) >= 11 is 0. The zero-order valence-corrected chi connectivity index (χ0v) is 16.4. The van der Waals surface area contributed by atoms with E-state index in [1.807, 2.05) is 32.0 Å². The number of carbonyl (C=O) groups excluding carboxylic acids is 2. The Kier molecular flexibility index (Phi) is 5.97. The first-order chi connectivity index (χ1) is 13.8. The SMILES string of the molecule is CC(=O)Nc1ccc2c(COC(=O)COc3cc(C)ccc3C)cc(=O)oc2c1. The van der Waals surface area contributed by atoms with E-state index >= 15 is 0 Å². The highest BCUT2D eigenvalue weighted by atomic mass is 16.6. The van der Waals surface area contributed by atoms with E-state index < -0.39 is 11.6 Å². The molecular weight excluding hydrogens is 374 g/mol. The Balaban J connectivity index is 1.69. The maximum Gasteiger partial charge on any atom is 0.344 e. The molecule has 0 fully saturated rings. The number of nitrogens with one attached hydrogen (secondary N) is 1. The molecule has 1 aromatic heterocycles. The van der Waals surface area contributed by atoms with E-state index in [4.69, 9.17) is 13.9 Å². The van der Waals surface area contributed by atoms with Crippen LogP contribution < -0.4 is 15.7 Å². The molecule has 1 N–H and O–H groups in total. The molecule has 0 radical (unpaired) electrons. The number of hydrogen-bond donors (Lipinski definition) is 1. The predicted molar refractivity (Wildman–Crippen MR) is 108 cm³/mol. The molecule has 7 nitrogen and oxygen atoms in total. The largest absolute Gasteiger partial charge is 0.482 e. The maximum atomic E-state index is 12.1. The second kappa shape index (κ2) is 8.60. The third-order valence-electron chi connectivity index (χ3n) is 4.23. The highest BCUT2D eigenvalue weighted by Crippen LogP contribution is 2.22. The molecule has 2 aromatic carbocycles. The average molecular weight is 395 g/mol. The molecule has 29 heavy (non-hydrogen) atoms. The minimum atomic E-state index is -0.574. The Morgan fingerprint density at radius 2 is 1.86 bits per heavy atom. The van der Waals surface area contributed by atoms with Gasteiger partial charge in [-0.1, -0.05) is 12.1 Å². The van der Waals surface area contributed by atoms with Crippen molar-refractivity contribution in [3.05, 3.63) is 69.6 Å². The second-order valence-electron chi connectivity index (χ2n) is 6.70. The van der Waals surface area contributed by atoms with Gasteiger partial charge in [0.2, 0.25) is 5.91 Å². The van der Waals surface area contributed by atoms with E-state index in [-0.39, 0.29) is 19.1 Å². The number of benzene rings is 2. The van der Waals surface area contributed by atoms with Crippen molar-refractivity contribution in [1.29, 1.82) is 0 Å². The quantitative estimate of drug-likeness (QED) is 0.507. The molecule has 0 bridgehead atoms. The van der Waals surface area contributed by atoms with Gasteiger partial charge >= 0.3 is 11.6 Å². The molecule has 0 aliphatic heterocycles. The van der Waals surface area contributed by atoms with Crippen LogP contribution in [0.15, 0.2) is 51.7 Å². The summed E-state index contributed by atoms with van der Waals surface area (Å²) in [6, 6.07) is 11.9. The Morgan fingerprint density at radius 1 is 1.07 bits per heavy atom. The van der Waals surface area contributed by atoms with Gasteiger partial charge in [-0.15, -0.1) is 0 Å². The van der Waals surface area contributed by atoms with Crippen molar-refractivity contribution in [2.45, 2.75) is 27.4 Å². The Hall–Kier alpha value is -3.61. The van der Waals surface area contributed by atoms with Crippen molar-refractivity contribution in [3.63, 3.8) is 0 Å². The molecule has 7 heteroatoms. The molecule has 1 amide bonds. The van der Waals surface area contributed by atoms with Gasteiger partial charge in [-0.3, -0.25) is 4.79 Å². The zero-order chi connectivity index (χ0) is 21.0. The van der Waals surface area contributed by atoms with Gasteiger partial charge in [-0.2, -0.15) is 0 Å². The smallest absolute Gasteiger partial charge is 0.344 e. The lowest BCUT2D eigenvalue weighted by Crippen LogP contribution is -2.16. The molecule has 0 aliphatic carbocycles. The molecule has 0 spiro atoms. The average Bonchev–Trinajstić information content (AvgIpc) is 2.66. The minimum absolute atomic E-state index is 0.101. The van der Waals surface area contributed by atoms with Gasteiger partial charge in [0.1, 0.15) is 17.9 Å². The third kappa shape index (κ3) is 5.22. The van der Waals surface area contributed by atoms with Crippen molar-refractivity contribution in [1.82, 2.24) is 0 Å². The first-order valence-corrected chi connectivity index (χ1v) is 9.02. The van der Waals surface area contributed by atoms with Crippen LogP contribution in [0.2, 0.25) is 0 Å². The Labute approximate surface area is 167 Å². The van der Waals surface area contributed by atoms with Crippen LogP contribution in [0, 0.1) is 13.8 Å². The highest BCUT2D eigenvalue weighted by Gasteiger charge is 2.11. The molecule has 1 heterocycles. The van der Waals surface area contributed by atoms with Crippen molar-refractivity contribution in [2.75, 3.05) is 11.9 Å². The van der Waals surface area contributed by atoms with Crippen LogP contribution in [0.5, 0.6) is 5.75 Å². The van der Waals surface area contributed by atoms with Crippen LogP contribution in [0.3, 0.4) is 0 Å². The molecule has 150 valence electrons. The summed E-state index contributed by atoms with van der Waals surface area (Å²) in [5.74, 6) is -0.166. The zero-order valence-electron chi connectivity index (χ0n) is 16.4. The monoisotopic (exact) mass is 395 g/mol. The number of esters is 1. The fourth-order valence-corrected chi connectivity index (χ4v) is 2.83. The van der Waals surface area contributed by atoms with Crippen molar-refractivity contribution in [2.24, 2.45) is 0 Å². The van der Waals surface area contributed by atoms with E-state index in [0.29, 0.717) is 28.0 Å². The lowest BCUT2D eigenvalue weighted by molar-refractivity contribution is -0.147. The standard InChI is InChI=1S/C22H21NO6/c1-13-4-5-14(2)19(8-13)27-12-22(26)28-11-16-9-21(25)29-20-10-17(23-15(3)24)6-7-18(16)20/h4-10H,11-12H2,1-3H3,(H,23,24). The number of rotatable bonds is 6. The highest BCUT2D eigenvalue weighted by molar-refractivity contribution is 5.92. The number of ether oxygens (including phenoxy) is 2. The van der Waals surface area contributed by atoms with Crippen LogP contribution in [0.1, 0.15) is 23.6 Å². The van der Waals surface area contributed by atoms with Gasteiger partial charge in [0.25, 0.3) is 0 Å². The number of carbonyl (C=O) groups is 2. The van der Waals surface area contributed by atoms with Gasteiger partial charge in [0.15, 0.2) is 6.61 Å². The van der Waals surface area contributed by atoms with Gasteiger partial charge < -0.3 is 19.2 Å². The van der Waals surface area contributed by atoms with E-state index in [0.717, 1.165) is 11.1 Å². The van der Waals surface area contributed by atoms with Crippen molar-refractivity contribution < 1.29 is 23.5 Å². The molecule has 0 atom stereocenters. The topological polar surface area (TPSA) is 94.8 Å². The maximum absolute atomic E-state index is 12.1. The number of amides is 1. The fourth-order valence-electron chi connectivity index (χ4n) is 2.83. The molecule has 3 aromatic rings. The van der Waals surface area contributed by atoms with E-state index in [2.05, 4.69) is 5.32 Å². The summed E-state index contributed by atoms with van der Waals surface area (Å²) in [5, 5.41) is 3.24. The lowest BCUT2D eigenvalue weighted by atomic mass is 10.1.